The summed E-state index contributed by atoms with van der Waals surface area (Å²) in [6, 6.07) is 0. The third-order valence-electron chi connectivity index (χ3n) is 2.78. The van der Waals surface area contributed by atoms with Gasteiger partial charge in [0.1, 0.15) is 0 Å². The summed E-state index contributed by atoms with van der Waals surface area (Å²) in [5.41, 5.74) is 3.33. The first kappa shape index (κ1) is 6.62. The van der Waals surface area contributed by atoms with E-state index < -0.39 is 0 Å². The standard InChI is InChI=1S/C8H16N2/c1-10-8(9-10)7-5-3-2-4-6-7/h7-9H,2-6H2,1H3. The molecular weight excluding hydrogens is 124 g/mol. The molecule has 0 spiro atoms. The van der Waals surface area contributed by atoms with Gasteiger partial charge in [-0.1, -0.05) is 19.3 Å². The molecule has 0 bridgehead atoms. The van der Waals surface area contributed by atoms with Gasteiger partial charge in [-0.25, -0.2) is 10.4 Å². The lowest BCUT2D eigenvalue weighted by molar-refractivity contribution is 0.324. The molecule has 2 nitrogen and oxygen atoms in total. The van der Waals surface area contributed by atoms with E-state index in [0.29, 0.717) is 0 Å². The largest absolute Gasteiger partial charge is 0.235 e. The molecule has 0 aromatic heterocycles. The number of rotatable bonds is 1. The van der Waals surface area contributed by atoms with Crippen LogP contribution in [0.4, 0.5) is 0 Å². The third-order valence-corrected chi connectivity index (χ3v) is 2.78. The number of hydrogen-bond donors (Lipinski definition) is 1. The van der Waals surface area contributed by atoms with E-state index >= 15 is 0 Å². The highest BCUT2D eigenvalue weighted by molar-refractivity contribution is 4.84. The number of hydrazine groups is 1. The van der Waals surface area contributed by atoms with Gasteiger partial charge in [0.05, 0.1) is 6.17 Å². The van der Waals surface area contributed by atoms with E-state index in [9.17, 15) is 0 Å². The topological polar surface area (TPSA) is 25.0 Å². The second-order valence-electron chi connectivity index (χ2n) is 3.58. The van der Waals surface area contributed by atoms with E-state index in [2.05, 4.69) is 17.5 Å². The van der Waals surface area contributed by atoms with Crippen LogP contribution in [0.25, 0.3) is 0 Å². The number of nitrogens with one attached hydrogen (secondary N) is 1. The van der Waals surface area contributed by atoms with E-state index in [1.165, 1.54) is 32.1 Å². The van der Waals surface area contributed by atoms with Crippen LogP contribution in [0.1, 0.15) is 32.1 Å². The predicted octanol–water partition coefficient (Wildman–Crippen LogP) is 1.34. The summed E-state index contributed by atoms with van der Waals surface area (Å²) in [6.07, 6.45) is 8.00. The zero-order valence-corrected chi connectivity index (χ0v) is 6.64. The lowest BCUT2D eigenvalue weighted by atomic mass is 9.88. The fraction of sp³-hybridized carbons (Fsp3) is 1.00. The first-order chi connectivity index (χ1) is 4.88. The van der Waals surface area contributed by atoms with Gasteiger partial charge < -0.3 is 0 Å². The summed E-state index contributed by atoms with van der Waals surface area (Å²) in [5, 5.41) is 2.23. The van der Waals surface area contributed by atoms with Crippen LogP contribution in [-0.4, -0.2) is 18.2 Å². The Morgan fingerprint density at radius 2 is 1.80 bits per heavy atom. The highest BCUT2D eigenvalue weighted by atomic mass is 15.7. The molecule has 2 atom stereocenters. The van der Waals surface area contributed by atoms with Gasteiger partial charge in [-0.2, -0.15) is 0 Å². The van der Waals surface area contributed by atoms with Crippen LogP contribution in [0.5, 0.6) is 0 Å². The molecule has 1 saturated heterocycles. The quantitative estimate of drug-likeness (QED) is 0.556. The summed E-state index contributed by atoms with van der Waals surface area (Å²) in [4.78, 5) is 0. The van der Waals surface area contributed by atoms with Crippen LogP contribution < -0.4 is 5.43 Å². The Hall–Kier alpha value is -0.0800. The average Bonchev–Trinajstić information content (AvgIpc) is 2.69. The fourth-order valence-electron chi connectivity index (χ4n) is 2.05. The summed E-state index contributed by atoms with van der Waals surface area (Å²) >= 11 is 0. The number of hydrogen-bond acceptors (Lipinski definition) is 2. The monoisotopic (exact) mass is 140 g/mol. The Morgan fingerprint density at radius 3 is 2.30 bits per heavy atom. The minimum absolute atomic E-state index is 0.736. The van der Waals surface area contributed by atoms with E-state index in [4.69, 9.17) is 0 Å². The van der Waals surface area contributed by atoms with Gasteiger partial charge in [-0.05, 0) is 18.8 Å². The Kier molecular flexibility index (Phi) is 1.66. The van der Waals surface area contributed by atoms with Crippen molar-refractivity contribution >= 4 is 0 Å². The van der Waals surface area contributed by atoms with E-state index in [0.717, 1.165) is 12.1 Å². The zero-order valence-electron chi connectivity index (χ0n) is 6.64. The van der Waals surface area contributed by atoms with Gasteiger partial charge in [0.25, 0.3) is 0 Å². The van der Waals surface area contributed by atoms with Gasteiger partial charge in [0, 0.05) is 7.05 Å². The van der Waals surface area contributed by atoms with Gasteiger partial charge >= 0.3 is 0 Å². The smallest absolute Gasteiger partial charge is 0.0888 e. The molecule has 1 N–H and O–H groups in total. The van der Waals surface area contributed by atoms with Crippen LogP contribution in [0.2, 0.25) is 0 Å². The van der Waals surface area contributed by atoms with E-state index in [1.807, 2.05) is 0 Å². The van der Waals surface area contributed by atoms with Crippen molar-refractivity contribution in [3.63, 3.8) is 0 Å². The maximum absolute atomic E-state index is 3.33. The maximum atomic E-state index is 3.33. The SMILES string of the molecule is CN1NC1C1CCCCC1. The molecule has 1 aliphatic carbocycles. The highest BCUT2D eigenvalue weighted by Gasteiger charge is 2.36. The van der Waals surface area contributed by atoms with Crippen LogP contribution in [0.15, 0.2) is 0 Å². The van der Waals surface area contributed by atoms with Crippen LogP contribution in [0.3, 0.4) is 0 Å². The van der Waals surface area contributed by atoms with Gasteiger partial charge in [0.2, 0.25) is 0 Å². The minimum atomic E-state index is 0.736. The van der Waals surface area contributed by atoms with E-state index in [1.54, 1.807) is 0 Å². The molecule has 0 amide bonds. The van der Waals surface area contributed by atoms with Crippen molar-refractivity contribution in [2.75, 3.05) is 7.05 Å². The van der Waals surface area contributed by atoms with Crippen LogP contribution >= 0.6 is 0 Å². The molecular formula is C8H16N2. The number of nitrogens with zero attached hydrogens (tertiary/aromatic N) is 1. The van der Waals surface area contributed by atoms with Gasteiger partial charge in [-0.15, -0.1) is 0 Å². The molecule has 10 heavy (non-hydrogen) atoms. The fourth-order valence-corrected chi connectivity index (χ4v) is 2.05. The molecule has 1 heterocycles. The molecule has 2 fully saturated rings. The van der Waals surface area contributed by atoms with Crippen molar-refractivity contribution in [3.05, 3.63) is 0 Å². The summed E-state index contributed by atoms with van der Waals surface area (Å²) in [7, 11) is 2.14. The van der Waals surface area contributed by atoms with Crippen LogP contribution in [0, 0.1) is 5.92 Å². The van der Waals surface area contributed by atoms with Crippen molar-refractivity contribution in [1.82, 2.24) is 10.4 Å². The highest BCUT2D eigenvalue weighted by Crippen LogP contribution is 2.31. The molecule has 2 rings (SSSR count). The van der Waals surface area contributed by atoms with Gasteiger partial charge in [0.15, 0.2) is 0 Å². The molecule has 0 radical (unpaired) electrons. The van der Waals surface area contributed by atoms with Gasteiger partial charge in [-0.3, -0.25) is 0 Å². The third kappa shape index (κ3) is 1.18. The molecule has 58 valence electrons. The molecule has 1 saturated carbocycles. The Bertz CT molecular complexity index is 118. The molecule has 0 aromatic rings. The molecule has 2 heteroatoms. The van der Waals surface area contributed by atoms with Crippen molar-refractivity contribution in [2.24, 2.45) is 5.92 Å². The second kappa shape index (κ2) is 2.51. The zero-order chi connectivity index (χ0) is 6.97. The van der Waals surface area contributed by atoms with E-state index in [-0.39, 0.29) is 0 Å². The summed E-state index contributed by atoms with van der Waals surface area (Å²) in [6.45, 7) is 0. The maximum Gasteiger partial charge on any atom is 0.0888 e. The summed E-state index contributed by atoms with van der Waals surface area (Å²) in [5.74, 6) is 0.957. The van der Waals surface area contributed by atoms with Crippen molar-refractivity contribution in [2.45, 2.75) is 38.3 Å². The van der Waals surface area contributed by atoms with Crippen molar-refractivity contribution in [3.8, 4) is 0 Å². The predicted molar refractivity (Wildman–Crippen MR) is 41.3 cm³/mol. The second-order valence-corrected chi connectivity index (χ2v) is 3.58. The first-order valence-corrected chi connectivity index (χ1v) is 4.37. The average molecular weight is 140 g/mol. The Morgan fingerprint density at radius 1 is 1.20 bits per heavy atom. The molecule has 2 aliphatic rings. The molecule has 0 aromatic carbocycles. The first-order valence-electron chi connectivity index (χ1n) is 4.37. The summed E-state index contributed by atoms with van der Waals surface area (Å²) < 4.78 is 0. The molecule has 2 unspecified atom stereocenters. The lowest BCUT2D eigenvalue weighted by Crippen LogP contribution is -2.15. The normalized spacial score (nSPS) is 41.7. The van der Waals surface area contributed by atoms with Crippen molar-refractivity contribution < 1.29 is 0 Å². The Balaban J connectivity index is 1.81. The lowest BCUT2D eigenvalue weighted by Gasteiger charge is -2.19. The van der Waals surface area contributed by atoms with Crippen LogP contribution in [-0.2, 0) is 0 Å². The minimum Gasteiger partial charge on any atom is -0.235 e. The molecule has 1 aliphatic heterocycles. The Labute approximate surface area is 62.6 Å². The van der Waals surface area contributed by atoms with Crippen molar-refractivity contribution in [1.29, 1.82) is 0 Å².